The van der Waals surface area contributed by atoms with Crippen LogP contribution < -0.4 is 0 Å². The molecule has 3 heterocycles. The van der Waals surface area contributed by atoms with Crippen molar-refractivity contribution >= 4 is 22.8 Å². The van der Waals surface area contributed by atoms with E-state index in [-0.39, 0.29) is 23.3 Å². The molecular formula is C14H16ClN5O. The summed E-state index contributed by atoms with van der Waals surface area (Å²) in [7, 11) is 0. The van der Waals surface area contributed by atoms with Gasteiger partial charge in [-0.2, -0.15) is 10.2 Å². The molecule has 110 valence electrons. The van der Waals surface area contributed by atoms with Crippen LogP contribution in [-0.4, -0.2) is 25.6 Å². The van der Waals surface area contributed by atoms with Gasteiger partial charge in [0.15, 0.2) is 10.8 Å². The Bertz CT molecular complexity index is 722. The Hall–Kier alpha value is -1.71. The van der Waals surface area contributed by atoms with Crippen molar-refractivity contribution in [2.75, 3.05) is 0 Å². The van der Waals surface area contributed by atoms with E-state index in [0.717, 1.165) is 6.42 Å². The molecule has 6 nitrogen and oxygen atoms in total. The van der Waals surface area contributed by atoms with Crippen LogP contribution in [0.3, 0.4) is 0 Å². The van der Waals surface area contributed by atoms with Gasteiger partial charge in [0.25, 0.3) is 0 Å². The summed E-state index contributed by atoms with van der Waals surface area (Å²) in [5.41, 5.74) is 1.05. The van der Waals surface area contributed by atoms with Crippen LogP contribution in [-0.2, 0) is 4.74 Å². The number of aromatic nitrogens is 4. The molecule has 1 aliphatic rings. The predicted molar refractivity (Wildman–Crippen MR) is 77.6 cm³/mol. The Labute approximate surface area is 127 Å². The molecule has 1 fully saturated rings. The highest BCUT2D eigenvalue weighted by Crippen LogP contribution is 2.41. The largest absolute Gasteiger partial charge is 0.354 e. The van der Waals surface area contributed by atoms with Crippen molar-refractivity contribution in [3.05, 3.63) is 17.3 Å². The van der Waals surface area contributed by atoms with E-state index in [1.54, 1.807) is 6.33 Å². The van der Waals surface area contributed by atoms with Crippen molar-refractivity contribution < 1.29 is 4.74 Å². The lowest BCUT2D eigenvalue weighted by Crippen LogP contribution is -2.15. The van der Waals surface area contributed by atoms with Crippen molar-refractivity contribution in [2.45, 2.75) is 39.5 Å². The maximum atomic E-state index is 8.99. The van der Waals surface area contributed by atoms with E-state index >= 15 is 0 Å². The molecule has 2 aromatic heterocycles. The summed E-state index contributed by atoms with van der Waals surface area (Å²) in [5.74, 6) is 0.816. The van der Waals surface area contributed by atoms with Gasteiger partial charge in [-0.3, -0.25) is 4.57 Å². The molecule has 0 radical (unpaired) electrons. The van der Waals surface area contributed by atoms with Gasteiger partial charge in [0, 0.05) is 5.92 Å². The Balaban J connectivity index is 2.10. The van der Waals surface area contributed by atoms with Crippen molar-refractivity contribution in [2.24, 2.45) is 11.8 Å². The third-order valence-electron chi connectivity index (χ3n) is 4.34. The summed E-state index contributed by atoms with van der Waals surface area (Å²) in [4.78, 5) is 12.4. The molecule has 0 aromatic carbocycles. The van der Waals surface area contributed by atoms with E-state index in [4.69, 9.17) is 21.6 Å². The average molecular weight is 306 g/mol. The standard InChI is InChI=1S/C14H16ClN5O/c1-4-9-7(2)8(3)14(21-9)20-6-17-11-12(15)18-10(5-16)19-13(11)20/h6-9,14H,4H2,1-3H3/t7-,8+,9+,14?/m0/s1. The molecule has 2 aromatic rings. The third-order valence-corrected chi connectivity index (χ3v) is 4.60. The van der Waals surface area contributed by atoms with Crippen molar-refractivity contribution in [3.63, 3.8) is 0 Å². The van der Waals surface area contributed by atoms with E-state index in [2.05, 4.69) is 35.7 Å². The lowest BCUT2D eigenvalue weighted by molar-refractivity contribution is -0.0120. The SMILES string of the molecule is CC[C@H]1OC(n2cnc3c(Cl)nc(C#N)nc32)[C@H](C)[C@@H]1C. The number of nitriles is 1. The van der Waals surface area contributed by atoms with E-state index < -0.39 is 0 Å². The second-order valence-corrected chi connectivity index (χ2v) is 5.82. The molecule has 1 saturated heterocycles. The summed E-state index contributed by atoms with van der Waals surface area (Å²) >= 11 is 6.06. The molecule has 0 amide bonds. The summed E-state index contributed by atoms with van der Waals surface area (Å²) in [6, 6.07) is 1.92. The van der Waals surface area contributed by atoms with Crippen LogP contribution in [0, 0.1) is 23.2 Å². The van der Waals surface area contributed by atoms with Gasteiger partial charge in [-0.1, -0.05) is 32.4 Å². The first-order chi connectivity index (χ1) is 10.1. The number of halogens is 1. The molecule has 0 N–H and O–H groups in total. The summed E-state index contributed by atoms with van der Waals surface area (Å²) in [6.45, 7) is 6.47. The second kappa shape index (κ2) is 5.24. The predicted octanol–water partition coefficient (Wildman–Crippen LogP) is 2.93. The lowest BCUT2D eigenvalue weighted by atomic mass is 9.91. The van der Waals surface area contributed by atoms with Crippen LogP contribution in [0.5, 0.6) is 0 Å². The first-order valence-electron chi connectivity index (χ1n) is 7.02. The molecule has 4 atom stereocenters. The van der Waals surface area contributed by atoms with E-state index in [1.807, 2.05) is 10.6 Å². The first kappa shape index (κ1) is 14.2. The van der Waals surface area contributed by atoms with Crippen molar-refractivity contribution in [1.29, 1.82) is 5.26 Å². The molecule has 0 saturated carbocycles. The third kappa shape index (κ3) is 2.17. The van der Waals surface area contributed by atoms with Crippen LogP contribution >= 0.6 is 11.6 Å². The van der Waals surface area contributed by atoms with Crippen LogP contribution in [0.15, 0.2) is 6.33 Å². The van der Waals surface area contributed by atoms with Crippen LogP contribution in [0.2, 0.25) is 5.15 Å². The van der Waals surface area contributed by atoms with Gasteiger partial charge >= 0.3 is 0 Å². The topological polar surface area (TPSA) is 76.6 Å². The number of imidazole rings is 1. The zero-order chi connectivity index (χ0) is 15.1. The number of hydrogen-bond donors (Lipinski definition) is 0. The van der Waals surface area contributed by atoms with Crippen LogP contribution in [0.25, 0.3) is 11.2 Å². The fourth-order valence-electron chi connectivity index (χ4n) is 2.93. The highest BCUT2D eigenvalue weighted by molar-refractivity contribution is 6.33. The summed E-state index contributed by atoms with van der Waals surface area (Å²) in [6.07, 6.45) is 2.70. The molecule has 7 heteroatoms. The van der Waals surface area contributed by atoms with Crippen LogP contribution in [0.1, 0.15) is 39.2 Å². The fraction of sp³-hybridized carbons (Fsp3) is 0.571. The Morgan fingerprint density at radius 1 is 1.38 bits per heavy atom. The minimum Gasteiger partial charge on any atom is -0.354 e. The number of fused-ring (bicyclic) bond motifs is 1. The van der Waals surface area contributed by atoms with Gasteiger partial charge in [0.05, 0.1) is 12.4 Å². The number of rotatable bonds is 2. The van der Waals surface area contributed by atoms with E-state index in [1.165, 1.54) is 0 Å². The molecule has 0 spiro atoms. The van der Waals surface area contributed by atoms with Gasteiger partial charge in [0.1, 0.15) is 17.8 Å². The van der Waals surface area contributed by atoms with Gasteiger partial charge in [-0.25, -0.2) is 9.97 Å². The van der Waals surface area contributed by atoms with Gasteiger partial charge in [-0.05, 0) is 12.3 Å². The minimum atomic E-state index is -0.146. The minimum absolute atomic E-state index is 0.0417. The zero-order valence-electron chi connectivity index (χ0n) is 12.1. The van der Waals surface area contributed by atoms with Gasteiger partial charge < -0.3 is 4.74 Å². The average Bonchev–Trinajstić information content (AvgIpc) is 3.02. The highest BCUT2D eigenvalue weighted by Gasteiger charge is 2.39. The highest BCUT2D eigenvalue weighted by atomic mass is 35.5. The summed E-state index contributed by atoms with van der Waals surface area (Å²) in [5, 5.41) is 9.19. The van der Waals surface area contributed by atoms with Crippen LogP contribution in [0.4, 0.5) is 0 Å². The smallest absolute Gasteiger partial charge is 0.235 e. The Morgan fingerprint density at radius 2 is 2.14 bits per heavy atom. The molecule has 1 aliphatic heterocycles. The molecular weight excluding hydrogens is 290 g/mol. The lowest BCUT2D eigenvalue weighted by Gasteiger charge is -2.18. The molecule has 0 bridgehead atoms. The van der Waals surface area contributed by atoms with Gasteiger partial charge in [-0.15, -0.1) is 0 Å². The normalized spacial score (nSPS) is 28.9. The molecule has 1 unspecified atom stereocenters. The second-order valence-electron chi connectivity index (χ2n) is 5.47. The van der Waals surface area contributed by atoms with Crippen molar-refractivity contribution in [1.82, 2.24) is 19.5 Å². The summed E-state index contributed by atoms with van der Waals surface area (Å²) < 4.78 is 8.00. The van der Waals surface area contributed by atoms with Gasteiger partial charge in [0.2, 0.25) is 5.82 Å². The maximum absolute atomic E-state index is 8.99. The van der Waals surface area contributed by atoms with E-state index in [0.29, 0.717) is 23.0 Å². The Morgan fingerprint density at radius 3 is 2.76 bits per heavy atom. The quantitative estimate of drug-likeness (QED) is 0.797. The molecule has 21 heavy (non-hydrogen) atoms. The maximum Gasteiger partial charge on any atom is 0.235 e. The monoisotopic (exact) mass is 305 g/mol. The molecule has 0 aliphatic carbocycles. The first-order valence-corrected chi connectivity index (χ1v) is 7.40. The molecule has 3 rings (SSSR count). The number of ether oxygens (including phenoxy) is 1. The number of nitrogens with zero attached hydrogens (tertiary/aromatic N) is 5. The zero-order valence-corrected chi connectivity index (χ0v) is 12.9. The Kier molecular flexibility index (Phi) is 3.56. The van der Waals surface area contributed by atoms with E-state index in [9.17, 15) is 0 Å². The van der Waals surface area contributed by atoms with Crippen molar-refractivity contribution in [3.8, 4) is 6.07 Å². The fourth-order valence-corrected chi connectivity index (χ4v) is 3.14. The number of hydrogen-bond acceptors (Lipinski definition) is 5.